The molecular weight excluding hydrogens is 347 g/mol. The van der Waals surface area contributed by atoms with Gasteiger partial charge in [-0.15, -0.1) is 0 Å². The molecule has 0 atom stereocenters. The van der Waals surface area contributed by atoms with E-state index in [1.165, 1.54) is 37.8 Å². The molecule has 2 aliphatic rings. The van der Waals surface area contributed by atoms with E-state index in [9.17, 15) is 14.0 Å². The average Bonchev–Trinajstić information content (AvgIpc) is 2.91. The van der Waals surface area contributed by atoms with E-state index in [0.29, 0.717) is 44.5 Å². The number of piperazine rings is 1. The largest absolute Gasteiger partial charge is 0.368 e. The standard InChI is InChI=1S/C20H29FN4O2/c21-15-7-8-18(17(13-15)20(22)27)25-11-9-24(10-12-25)14-19(26)23-16-5-3-1-2-4-6-16/h7-8,13,16H,1-6,9-12,14H2,(H2,22,27)(H,23,26). The maximum absolute atomic E-state index is 13.4. The minimum atomic E-state index is -0.630. The number of benzene rings is 1. The van der Waals surface area contributed by atoms with Crippen LogP contribution in [0.3, 0.4) is 0 Å². The first-order valence-corrected chi connectivity index (χ1v) is 9.89. The molecule has 1 aliphatic carbocycles. The quantitative estimate of drug-likeness (QED) is 0.769. The molecule has 1 aliphatic heterocycles. The van der Waals surface area contributed by atoms with Gasteiger partial charge in [0.25, 0.3) is 5.91 Å². The lowest BCUT2D eigenvalue weighted by atomic mass is 10.1. The van der Waals surface area contributed by atoms with Crippen molar-refractivity contribution >= 4 is 17.5 Å². The van der Waals surface area contributed by atoms with Crippen molar-refractivity contribution in [1.29, 1.82) is 0 Å². The molecule has 0 radical (unpaired) electrons. The highest BCUT2D eigenvalue weighted by molar-refractivity contribution is 5.98. The van der Waals surface area contributed by atoms with Gasteiger partial charge in [0.2, 0.25) is 5.91 Å². The van der Waals surface area contributed by atoms with Crippen LogP contribution in [0.15, 0.2) is 18.2 Å². The number of primary amides is 1. The Hall–Kier alpha value is -2.15. The zero-order valence-corrected chi connectivity index (χ0v) is 15.8. The maximum atomic E-state index is 13.4. The Kier molecular flexibility index (Phi) is 6.66. The lowest BCUT2D eigenvalue weighted by Crippen LogP contribution is -2.50. The first-order valence-electron chi connectivity index (χ1n) is 9.89. The first-order chi connectivity index (χ1) is 13.0. The fraction of sp³-hybridized carbons (Fsp3) is 0.600. The molecule has 27 heavy (non-hydrogen) atoms. The lowest BCUT2D eigenvalue weighted by molar-refractivity contribution is -0.123. The number of carbonyl (C=O) groups is 2. The maximum Gasteiger partial charge on any atom is 0.250 e. The molecule has 0 bridgehead atoms. The molecule has 0 unspecified atom stereocenters. The number of nitrogens with one attached hydrogen (secondary N) is 1. The molecule has 3 rings (SSSR count). The van der Waals surface area contributed by atoms with Crippen molar-refractivity contribution in [2.24, 2.45) is 5.73 Å². The van der Waals surface area contributed by atoms with Gasteiger partial charge in [-0.25, -0.2) is 4.39 Å². The Bertz CT molecular complexity index is 666. The van der Waals surface area contributed by atoms with Crippen LogP contribution in [0.2, 0.25) is 0 Å². The van der Waals surface area contributed by atoms with Crippen LogP contribution in [-0.4, -0.2) is 55.5 Å². The van der Waals surface area contributed by atoms with E-state index in [1.807, 2.05) is 4.90 Å². The van der Waals surface area contributed by atoms with Gasteiger partial charge in [-0.3, -0.25) is 14.5 Å². The molecule has 3 N–H and O–H groups in total. The van der Waals surface area contributed by atoms with Gasteiger partial charge >= 0.3 is 0 Å². The van der Waals surface area contributed by atoms with Gasteiger partial charge in [0.05, 0.1) is 12.1 Å². The normalized spacial score (nSPS) is 19.5. The Morgan fingerprint density at radius 3 is 2.37 bits per heavy atom. The van der Waals surface area contributed by atoms with Gasteiger partial charge < -0.3 is 16.0 Å². The highest BCUT2D eigenvalue weighted by Crippen LogP contribution is 2.23. The van der Waals surface area contributed by atoms with E-state index in [2.05, 4.69) is 10.2 Å². The van der Waals surface area contributed by atoms with Crippen LogP contribution in [-0.2, 0) is 4.79 Å². The van der Waals surface area contributed by atoms with Crippen LogP contribution >= 0.6 is 0 Å². The summed E-state index contributed by atoms with van der Waals surface area (Å²) in [5.74, 6) is -1.01. The molecule has 1 saturated heterocycles. The first kappa shape index (κ1) is 19.6. The Morgan fingerprint density at radius 2 is 1.74 bits per heavy atom. The summed E-state index contributed by atoms with van der Waals surface area (Å²) in [7, 11) is 0. The zero-order valence-electron chi connectivity index (χ0n) is 15.8. The van der Waals surface area contributed by atoms with Crippen molar-refractivity contribution in [3.05, 3.63) is 29.6 Å². The third-order valence-electron chi connectivity index (χ3n) is 5.52. The number of amides is 2. The summed E-state index contributed by atoms with van der Waals surface area (Å²) in [6, 6.07) is 4.45. The highest BCUT2D eigenvalue weighted by atomic mass is 19.1. The smallest absolute Gasteiger partial charge is 0.250 e. The number of hydrogen-bond donors (Lipinski definition) is 2. The van der Waals surface area contributed by atoms with E-state index < -0.39 is 11.7 Å². The molecule has 1 aromatic carbocycles. The van der Waals surface area contributed by atoms with Gasteiger partial charge in [-0.2, -0.15) is 0 Å². The van der Waals surface area contributed by atoms with Crippen LogP contribution in [0, 0.1) is 5.82 Å². The third-order valence-corrected chi connectivity index (χ3v) is 5.52. The predicted octanol–water partition coefficient (Wildman–Crippen LogP) is 1.89. The second-order valence-corrected chi connectivity index (χ2v) is 7.54. The summed E-state index contributed by atoms with van der Waals surface area (Å²) in [6.45, 7) is 3.17. The van der Waals surface area contributed by atoms with Crippen molar-refractivity contribution in [3.63, 3.8) is 0 Å². The molecule has 6 nitrogen and oxygen atoms in total. The Labute approximate surface area is 159 Å². The molecule has 2 amide bonds. The van der Waals surface area contributed by atoms with Crippen LogP contribution < -0.4 is 16.0 Å². The molecule has 1 saturated carbocycles. The van der Waals surface area contributed by atoms with E-state index in [4.69, 9.17) is 5.73 Å². The van der Waals surface area contributed by atoms with Crippen LogP contribution in [0.4, 0.5) is 10.1 Å². The minimum Gasteiger partial charge on any atom is -0.368 e. The molecule has 7 heteroatoms. The number of rotatable bonds is 5. The van der Waals surface area contributed by atoms with Crippen molar-refractivity contribution in [2.45, 2.75) is 44.6 Å². The van der Waals surface area contributed by atoms with Crippen LogP contribution in [0.25, 0.3) is 0 Å². The van der Waals surface area contributed by atoms with E-state index in [1.54, 1.807) is 6.07 Å². The second kappa shape index (κ2) is 9.17. The van der Waals surface area contributed by atoms with Crippen molar-refractivity contribution < 1.29 is 14.0 Å². The number of carbonyl (C=O) groups excluding carboxylic acids is 2. The molecule has 0 spiro atoms. The lowest BCUT2D eigenvalue weighted by Gasteiger charge is -2.36. The monoisotopic (exact) mass is 376 g/mol. The summed E-state index contributed by atoms with van der Waals surface area (Å²) < 4.78 is 13.4. The number of anilines is 1. The third kappa shape index (κ3) is 5.42. The predicted molar refractivity (Wildman–Crippen MR) is 103 cm³/mol. The van der Waals surface area contributed by atoms with Gasteiger partial charge in [-0.1, -0.05) is 25.7 Å². The summed E-state index contributed by atoms with van der Waals surface area (Å²) in [5, 5.41) is 3.18. The number of hydrogen-bond acceptors (Lipinski definition) is 4. The van der Waals surface area contributed by atoms with Crippen molar-refractivity contribution in [2.75, 3.05) is 37.6 Å². The van der Waals surface area contributed by atoms with Crippen molar-refractivity contribution in [3.8, 4) is 0 Å². The summed E-state index contributed by atoms with van der Waals surface area (Å²) in [4.78, 5) is 28.1. The number of halogens is 1. The topological polar surface area (TPSA) is 78.7 Å². The number of nitrogens with zero attached hydrogens (tertiary/aromatic N) is 2. The molecule has 148 valence electrons. The van der Waals surface area contributed by atoms with Gasteiger partial charge in [0.15, 0.2) is 0 Å². The van der Waals surface area contributed by atoms with Gasteiger partial charge in [0.1, 0.15) is 5.82 Å². The number of nitrogens with two attached hydrogens (primary N) is 1. The average molecular weight is 376 g/mol. The SMILES string of the molecule is NC(=O)c1cc(F)ccc1N1CCN(CC(=O)NC2CCCCCC2)CC1. The summed E-state index contributed by atoms with van der Waals surface area (Å²) in [5.41, 5.74) is 6.25. The molecule has 1 heterocycles. The Balaban J connectivity index is 1.50. The van der Waals surface area contributed by atoms with Crippen LogP contribution in [0.1, 0.15) is 48.9 Å². The van der Waals surface area contributed by atoms with Crippen molar-refractivity contribution in [1.82, 2.24) is 10.2 Å². The summed E-state index contributed by atoms with van der Waals surface area (Å²) in [6.07, 6.45) is 7.10. The van der Waals surface area contributed by atoms with E-state index in [0.717, 1.165) is 12.8 Å². The molecule has 2 fully saturated rings. The molecule has 0 aromatic heterocycles. The fourth-order valence-corrected chi connectivity index (χ4v) is 4.03. The van der Waals surface area contributed by atoms with Gasteiger partial charge in [0, 0.05) is 37.9 Å². The summed E-state index contributed by atoms with van der Waals surface area (Å²) >= 11 is 0. The molecular formula is C20H29FN4O2. The second-order valence-electron chi connectivity index (χ2n) is 7.54. The minimum absolute atomic E-state index is 0.0926. The van der Waals surface area contributed by atoms with Crippen LogP contribution in [0.5, 0.6) is 0 Å². The van der Waals surface area contributed by atoms with Gasteiger partial charge in [-0.05, 0) is 31.0 Å². The fourth-order valence-electron chi connectivity index (χ4n) is 4.03. The molecule has 1 aromatic rings. The van der Waals surface area contributed by atoms with E-state index >= 15 is 0 Å². The zero-order chi connectivity index (χ0) is 19.2. The Morgan fingerprint density at radius 1 is 1.07 bits per heavy atom. The highest BCUT2D eigenvalue weighted by Gasteiger charge is 2.23. The van der Waals surface area contributed by atoms with E-state index in [-0.39, 0.29) is 11.5 Å².